The van der Waals surface area contributed by atoms with Gasteiger partial charge in [-0.3, -0.25) is 4.79 Å². The summed E-state index contributed by atoms with van der Waals surface area (Å²) in [5, 5.41) is 2.79. The van der Waals surface area contributed by atoms with Gasteiger partial charge in [-0.25, -0.2) is 0 Å². The summed E-state index contributed by atoms with van der Waals surface area (Å²) in [7, 11) is 0. The maximum absolute atomic E-state index is 11.2. The van der Waals surface area contributed by atoms with Crippen LogP contribution in [0, 0.1) is 0 Å². The topological polar surface area (TPSA) is 38.3 Å². The molecular weight excluding hydrogens is 202 g/mol. The zero-order chi connectivity index (χ0) is 10.8. The molecule has 0 aliphatic rings. The van der Waals surface area contributed by atoms with Gasteiger partial charge in [0.25, 0.3) is 0 Å². The van der Waals surface area contributed by atoms with E-state index in [9.17, 15) is 4.79 Å². The molecule has 0 saturated heterocycles. The van der Waals surface area contributed by atoms with E-state index < -0.39 is 0 Å². The highest BCUT2D eigenvalue weighted by molar-refractivity contribution is 6.17. The molecule has 0 rings (SSSR count). The maximum Gasteiger partial charge on any atom is 0.220 e. The molecule has 0 aromatic carbocycles. The number of carbonyl (C=O) groups is 1. The number of rotatable bonds is 8. The fraction of sp³-hybridized carbons (Fsp3) is 0.900. The Morgan fingerprint density at radius 2 is 2.14 bits per heavy atom. The normalized spacial score (nSPS) is 10.6. The molecule has 0 aliphatic carbocycles. The summed E-state index contributed by atoms with van der Waals surface area (Å²) >= 11 is 5.49. The van der Waals surface area contributed by atoms with E-state index >= 15 is 0 Å². The summed E-state index contributed by atoms with van der Waals surface area (Å²) in [5.41, 5.74) is 0. The van der Waals surface area contributed by atoms with E-state index in [-0.39, 0.29) is 12.0 Å². The molecule has 0 aromatic rings. The summed E-state index contributed by atoms with van der Waals surface area (Å²) in [6, 6.07) is 0. The van der Waals surface area contributed by atoms with Crippen molar-refractivity contribution in [3.8, 4) is 0 Å². The fourth-order valence-corrected chi connectivity index (χ4v) is 1.14. The fourth-order valence-electron chi connectivity index (χ4n) is 0.954. The Labute approximate surface area is 91.2 Å². The van der Waals surface area contributed by atoms with Crippen LogP contribution in [0.25, 0.3) is 0 Å². The van der Waals surface area contributed by atoms with Crippen LogP contribution in [-0.4, -0.2) is 31.0 Å². The quantitative estimate of drug-likeness (QED) is 0.503. The monoisotopic (exact) mass is 221 g/mol. The molecule has 0 aromatic heterocycles. The summed E-state index contributed by atoms with van der Waals surface area (Å²) in [6.07, 6.45) is 2.55. The molecule has 0 heterocycles. The first kappa shape index (κ1) is 13.7. The number of hydrogen-bond acceptors (Lipinski definition) is 2. The lowest BCUT2D eigenvalue weighted by atomic mass is 10.2. The second-order valence-electron chi connectivity index (χ2n) is 3.42. The van der Waals surface area contributed by atoms with Gasteiger partial charge < -0.3 is 10.1 Å². The first-order valence-electron chi connectivity index (χ1n) is 5.11. The number of hydrogen-bond donors (Lipinski definition) is 1. The Bertz CT molecular complexity index is 151. The SMILES string of the molecule is CC(C)OCCNC(=O)CCCCCl. The largest absolute Gasteiger partial charge is 0.377 e. The molecule has 3 nitrogen and oxygen atoms in total. The molecule has 0 fully saturated rings. The van der Waals surface area contributed by atoms with E-state index in [0.717, 1.165) is 12.8 Å². The second-order valence-corrected chi connectivity index (χ2v) is 3.79. The van der Waals surface area contributed by atoms with Gasteiger partial charge in [-0.15, -0.1) is 11.6 Å². The van der Waals surface area contributed by atoms with Crippen molar-refractivity contribution in [1.29, 1.82) is 0 Å². The Morgan fingerprint density at radius 3 is 2.71 bits per heavy atom. The average molecular weight is 222 g/mol. The summed E-state index contributed by atoms with van der Waals surface area (Å²) in [5.74, 6) is 0.714. The van der Waals surface area contributed by atoms with E-state index in [0.29, 0.717) is 25.5 Å². The first-order chi connectivity index (χ1) is 6.66. The lowest BCUT2D eigenvalue weighted by Crippen LogP contribution is -2.27. The van der Waals surface area contributed by atoms with E-state index in [2.05, 4.69) is 5.32 Å². The van der Waals surface area contributed by atoms with E-state index in [4.69, 9.17) is 16.3 Å². The van der Waals surface area contributed by atoms with Crippen LogP contribution < -0.4 is 5.32 Å². The Morgan fingerprint density at radius 1 is 1.43 bits per heavy atom. The van der Waals surface area contributed by atoms with Gasteiger partial charge in [-0.2, -0.15) is 0 Å². The smallest absolute Gasteiger partial charge is 0.220 e. The zero-order valence-electron chi connectivity index (χ0n) is 9.01. The summed E-state index contributed by atoms with van der Waals surface area (Å²) in [4.78, 5) is 11.2. The van der Waals surface area contributed by atoms with Crippen LogP contribution in [0.1, 0.15) is 33.1 Å². The number of amides is 1. The van der Waals surface area contributed by atoms with E-state index in [1.54, 1.807) is 0 Å². The molecule has 1 N–H and O–H groups in total. The van der Waals surface area contributed by atoms with Gasteiger partial charge in [0, 0.05) is 18.8 Å². The van der Waals surface area contributed by atoms with Crippen LogP contribution in [0.2, 0.25) is 0 Å². The van der Waals surface area contributed by atoms with Gasteiger partial charge in [0.05, 0.1) is 12.7 Å². The van der Waals surface area contributed by atoms with Crippen LogP contribution in [0.5, 0.6) is 0 Å². The molecule has 0 radical (unpaired) electrons. The molecule has 0 aliphatic heterocycles. The van der Waals surface area contributed by atoms with Gasteiger partial charge in [0.15, 0.2) is 0 Å². The zero-order valence-corrected chi connectivity index (χ0v) is 9.77. The average Bonchev–Trinajstić information content (AvgIpc) is 2.13. The third-order valence-electron chi connectivity index (χ3n) is 1.66. The van der Waals surface area contributed by atoms with Crippen LogP contribution in [-0.2, 0) is 9.53 Å². The van der Waals surface area contributed by atoms with Crippen molar-refractivity contribution >= 4 is 17.5 Å². The highest BCUT2D eigenvalue weighted by Gasteiger charge is 2.00. The standard InChI is InChI=1S/C10H20ClNO2/c1-9(2)14-8-7-12-10(13)5-3-4-6-11/h9H,3-8H2,1-2H3,(H,12,13). The van der Waals surface area contributed by atoms with Crippen LogP contribution in [0.15, 0.2) is 0 Å². The van der Waals surface area contributed by atoms with Gasteiger partial charge in [-0.1, -0.05) is 0 Å². The lowest BCUT2D eigenvalue weighted by molar-refractivity contribution is -0.121. The Kier molecular flexibility index (Phi) is 9.10. The highest BCUT2D eigenvalue weighted by Crippen LogP contribution is 1.96. The van der Waals surface area contributed by atoms with Crippen LogP contribution in [0.4, 0.5) is 0 Å². The molecule has 4 heteroatoms. The first-order valence-corrected chi connectivity index (χ1v) is 5.64. The molecule has 84 valence electrons. The minimum absolute atomic E-state index is 0.0856. The maximum atomic E-state index is 11.2. The summed E-state index contributed by atoms with van der Waals surface area (Å²) in [6.45, 7) is 5.13. The van der Waals surface area contributed by atoms with Crippen molar-refractivity contribution in [2.24, 2.45) is 0 Å². The van der Waals surface area contributed by atoms with Crippen molar-refractivity contribution < 1.29 is 9.53 Å². The molecule has 0 spiro atoms. The van der Waals surface area contributed by atoms with Crippen molar-refractivity contribution in [2.45, 2.75) is 39.2 Å². The van der Waals surface area contributed by atoms with Crippen molar-refractivity contribution in [3.05, 3.63) is 0 Å². The third-order valence-corrected chi connectivity index (χ3v) is 1.93. The van der Waals surface area contributed by atoms with Gasteiger partial charge in [0.2, 0.25) is 5.91 Å². The second kappa shape index (κ2) is 9.28. The third kappa shape index (κ3) is 9.81. The predicted octanol–water partition coefficient (Wildman–Crippen LogP) is 1.94. The lowest BCUT2D eigenvalue weighted by Gasteiger charge is -2.08. The molecule has 14 heavy (non-hydrogen) atoms. The van der Waals surface area contributed by atoms with Crippen molar-refractivity contribution in [1.82, 2.24) is 5.32 Å². The number of alkyl halides is 1. The predicted molar refractivity (Wildman–Crippen MR) is 58.7 cm³/mol. The number of carbonyl (C=O) groups excluding carboxylic acids is 1. The molecule has 0 atom stereocenters. The Balaban J connectivity index is 3.18. The number of halogens is 1. The number of unbranched alkanes of at least 4 members (excludes halogenated alkanes) is 1. The van der Waals surface area contributed by atoms with Gasteiger partial charge in [0.1, 0.15) is 0 Å². The Hall–Kier alpha value is -0.280. The van der Waals surface area contributed by atoms with Gasteiger partial charge in [-0.05, 0) is 26.7 Å². The summed E-state index contributed by atoms with van der Waals surface area (Å²) < 4.78 is 5.28. The molecule has 1 amide bonds. The van der Waals surface area contributed by atoms with E-state index in [1.807, 2.05) is 13.8 Å². The van der Waals surface area contributed by atoms with Crippen molar-refractivity contribution in [3.63, 3.8) is 0 Å². The minimum Gasteiger partial charge on any atom is -0.377 e. The van der Waals surface area contributed by atoms with Crippen LogP contribution >= 0.6 is 11.6 Å². The number of nitrogens with one attached hydrogen (secondary N) is 1. The van der Waals surface area contributed by atoms with E-state index in [1.165, 1.54) is 0 Å². The molecule has 0 unspecified atom stereocenters. The van der Waals surface area contributed by atoms with Crippen LogP contribution in [0.3, 0.4) is 0 Å². The van der Waals surface area contributed by atoms with Crippen molar-refractivity contribution in [2.75, 3.05) is 19.0 Å². The number of ether oxygens (including phenoxy) is 1. The minimum atomic E-state index is 0.0856. The molecule has 0 bridgehead atoms. The molecule has 0 saturated carbocycles. The highest BCUT2D eigenvalue weighted by atomic mass is 35.5. The molecular formula is C10H20ClNO2. The van der Waals surface area contributed by atoms with Gasteiger partial charge >= 0.3 is 0 Å².